The van der Waals surface area contributed by atoms with Crippen molar-refractivity contribution in [3.8, 4) is 0 Å². The van der Waals surface area contributed by atoms with E-state index in [0.717, 1.165) is 38.8 Å². The molecule has 6 rings (SSSR count). The molecule has 2 unspecified atom stereocenters. The minimum atomic E-state index is -0.942. The zero-order chi connectivity index (χ0) is 22.6. The highest BCUT2D eigenvalue weighted by atomic mass is 16.5. The Balaban J connectivity index is 1.56. The van der Waals surface area contributed by atoms with Gasteiger partial charge in [0.2, 0.25) is 0 Å². The molecule has 0 radical (unpaired) electrons. The number of hydrogen-bond donors (Lipinski definition) is 2. The van der Waals surface area contributed by atoms with Gasteiger partial charge in [-0.25, -0.2) is 0 Å². The van der Waals surface area contributed by atoms with Crippen LogP contribution in [-0.2, 0) is 19.0 Å². The topological polar surface area (TPSA) is 88.5 Å². The van der Waals surface area contributed by atoms with Crippen LogP contribution in [0.5, 0.6) is 0 Å². The fourth-order valence-electron chi connectivity index (χ4n) is 10.7. The average molecular weight is 450 g/mol. The maximum Gasteiger partial charge on any atom is 0.302 e. The largest absolute Gasteiger partial charge is 0.462 e. The van der Waals surface area contributed by atoms with Crippen LogP contribution in [0.25, 0.3) is 0 Å². The highest BCUT2D eigenvalue weighted by molar-refractivity contribution is 5.66. The second-order valence-corrected chi connectivity index (χ2v) is 11.8. The second-order valence-electron chi connectivity index (χ2n) is 11.8. The van der Waals surface area contributed by atoms with E-state index in [1.54, 1.807) is 14.2 Å². The van der Waals surface area contributed by atoms with Gasteiger partial charge in [0.25, 0.3) is 0 Å². The highest BCUT2D eigenvalue weighted by Crippen LogP contribution is 2.79. The minimum Gasteiger partial charge on any atom is -0.462 e. The number of piperidine rings is 1. The number of carbonyl (C=O) groups is 1. The summed E-state index contributed by atoms with van der Waals surface area (Å²) in [5.74, 6) is 0.164. The van der Waals surface area contributed by atoms with Crippen molar-refractivity contribution in [2.24, 2.45) is 40.4 Å². The molecule has 0 aromatic carbocycles. The van der Waals surface area contributed by atoms with Crippen LogP contribution in [-0.4, -0.2) is 85.0 Å². The molecular formula is C25H39NO6. The Labute approximate surface area is 190 Å². The van der Waals surface area contributed by atoms with Crippen LogP contribution in [0.1, 0.15) is 46.0 Å². The number of aliphatic hydroxyl groups is 2. The van der Waals surface area contributed by atoms with Gasteiger partial charge in [-0.05, 0) is 44.1 Å². The molecule has 1 spiro atoms. The quantitative estimate of drug-likeness (QED) is 0.614. The van der Waals surface area contributed by atoms with Gasteiger partial charge in [0.1, 0.15) is 6.10 Å². The number of nitrogens with zero attached hydrogens (tertiary/aromatic N) is 1. The van der Waals surface area contributed by atoms with Gasteiger partial charge < -0.3 is 24.4 Å². The maximum absolute atomic E-state index is 12.5. The molecule has 7 bridgehead atoms. The van der Waals surface area contributed by atoms with Gasteiger partial charge in [-0.2, -0.15) is 0 Å². The number of esters is 1. The van der Waals surface area contributed by atoms with Gasteiger partial charge in [0.15, 0.2) is 0 Å². The summed E-state index contributed by atoms with van der Waals surface area (Å²) in [5, 5.41) is 24.4. The fourth-order valence-corrected chi connectivity index (χ4v) is 10.7. The number of fused-ring (bicyclic) bond motifs is 2. The van der Waals surface area contributed by atoms with Crippen LogP contribution in [0.2, 0.25) is 0 Å². The Hall–Kier alpha value is -0.730. The molecule has 5 aliphatic carbocycles. The van der Waals surface area contributed by atoms with E-state index in [1.807, 2.05) is 0 Å². The molecule has 5 saturated carbocycles. The number of rotatable bonds is 5. The molecule has 1 saturated heterocycles. The van der Waals surface area contributed by atoms with Crippen LogP contribution >= 0.6 is 0 Å². The smallest absolute Gasteiger partial charge is 0.302 e. The summed E-state index contributed by atoms with van der Waals surface area (Å²) in [6, 6.07) is 0.163. The lowest BCUT2D eigenvalue weighted by Crippen LogP contribution is -2.76. The zero-order valence-electron chi connectivity index (χ0n) is 19.8. The number of ether oxygens (including phenoxy) is 3. The van der Waals surface area contributed by atoms with E-state index in [0.29, 0.717) is 18.9 Å². The first-order valence-electron chi connectivity index (χ1n) is 12.6. The lowest BCUT2D eigenvalue weighted by Gasteiger charge is -2.69. The van der Waals surface area contributed by atoms with Gasteiger partial charge in [-0.3, -0.25) is 9.69 Å². The lowest BCUT2D eigenvalue weighted by atomic mass is 9.43. The molecule has 6 fully saturated rings. The molecule has 12 atom stereocenters. The summed E-state index contributed by atoms with van der Waals surface area (Å²) in [4.78, 5) is 14.7. The van der Waals surface area contributed by atoms with Gasteiger partial charge in [-0.1, -0.05) is 6.92 Å². The van der Waals surface area contributed by atoms with Crippen molar-refractivity contribution in [1.29, 1.82) is 0 Å². The van der Waals surface area contributed by atoms with E-state index < -0.39 is 11.7 Å². The average Bonchev–Trinajstić information content (AvgIpc) is 3.20. The standard InChI is InChI=1S/C25H39NO6/c1-5-26-11-23(12-30-3)7-6-19(28)25-15-8-14-17(31-4)10-24(29,16(22(25)26)9-18(23)25)20(15)21(14)32-13(2)27/h14-22,28-29H,5-12H2,1-4H3/t14-,15-,16+,17+,18-,19+,20?,21+,22?,23+,24+,25-/m1/s1. The van der Waals surface area contributed by atoms with Gasteiger partial charge in [-0.15, -0.1) is 0 Å². The maximum atomic E-state index is 12.5. The van der Waals surface area contributed by atoms with E-state index in [9.17, 15) is 15.0 Å². The van der Waals surface area contributed by atoms with Gasteiger partial charge in [0, 0.05) is 68.7 Å². The van der Waals surface area contributed by atoms with Gasteiger partial charge in [0.05, 0.1) is 24.4 Å². The molecule has 0 aromatic rings. The highest BCUT2D eigenvalue weighted by Gasteiger charge is 2.83. The third-order valence-electron chi connectivity index (χ3n) is 11.2. The number of aliphatic hydroxyl groups excluding tert-OH is 1. The molecule has 7 heteroatoms. The zero-order valence-corrected chi connectivity index (χ0v) is 19.8. The predicted molar refractivity (Wildman–Crippen MR) is 116 cm³/mol. The summed E-state index contributed by atoms with van der Waals surface area (Å²) in [7, 11) is 3.51. The van der Waals surface area contributed by atoms with E-state index in [4.69, 9.17) is 14.2 Å². The molecule has 7 nitrogen and oxygen atoms in total. The Kier molecular flexibility index (Phi) is 4.70. The molecule has 180 valence electrons. The molecule has 2 N–H and O–H groups in total. The summed E-state index contributed by atoms with van der Waals surface area (Å²) in [6.07, 6.45) is 3.27. The lowest BCUT2D eigenvalue weighted by molar-refractivity contribution is -0.274. The van der Waals surface area contributed by atoms with Crippen molar-refractivity contribution in [2.75, 3.05) is 33.9 Å². The van der Waals surface area contributed by atoms with E-state index >= 15 is 0 Å². The van der Waals surface area contributed by atoms with Crippen LogP contribution in [0.4, 0.5) is 0 Å². The van der Waals surface area contributed by atoms with Gasteiger partial charge >= 0.3 is 5.97 Å². The van der Waals surface area contributed by atoms with Crippen molar-refractivity contribution in [3.63, 3.8) is 0 Å². The molecule has 1 heterocycles. The third-order valence-corrected chi connectivity index (χ3v) is 11.2. The number of carbonyl (C=O) groups excluding carboxylic acids is 1. The van der Waals surface area contributed by atoms with E-state index in [-0.39, 0.29) is 58.7 Å². The summed E-state index contributed by atoms with van der Waals surface area (Å²) in [6.45, 7) is 6.27. The molecule has 32 heavy (non-hydrogen) atoms. The van der Waals surface area contributed by atoms with Crippen molar-refractivity contribution in [3.05, 3.63) is 0 Å². The number of methoxy groups -OCH3 is 2. The monoisotopic (exact) mass is 449 g/mol. The van der Waals surface area contributed by atoms with Crippen molar-refractivity contribution in [2.45, 2.75) is 75.9 Å². The third kappa shape index (κ3) is 2.28. The Bertz CT molecular complexity index is 807. The van der Waals surface area contributed by atoms with Crippen LogP contribution in [0.15, 0.2) is 0 Å². The normalized spacial score (nSPS) is 57.5. The first kappa shape index (κ1) is 21.8. The summed E-state index contributed by atoms with van der Waals surface area (Å²) >= 11 is 0. The molecular weight excluding hydrogens is 410 g/mol. The van der Waals surface area contributed by atoms with Crippen molar-refractivity contribution >= 4 is 5.97 Å². The Morgan fingerprint density at radius 1 is 1.22 bits per heavy atom. The first-order valence-corrected chi connectivity index (χ1v) is 12.6. The molecule has 6 aliphatic rings. The summed E-state index contributed by atoms with van der Waals surface area (Å²) in [5.41, 5.74) is -1.20. The molecule has 1 aliphatic heterocycles. The Morgan fingerprint density at radius 3 is 2.66 bits per heavy atom. The molecule has 0 amide bonds. The Morgan fingerprint density at radius 2 is 2.00 bits per heavy atom. The minimum absolute atomic E-state index is 0.0138. The SMILES string of the molecule is CCN1C[C@]2(COC)CC[C@H](O)[C@]34C1[C@H](C[C@H]23)[C@@]1(O)C[C@H](OC)[C@H]2C[C@@H]4C1[C@H]2OC(C)=O. The van der Waals surface area contributed by atoms with E-state index in [1.165, 1.54) is 6.92 Å². The van der Waals surface area contributed by atoms with Crippen LogP contribution < -0.4 is 0 Å². The van der Waals surface area contributed by atoms with Crippen molar-refractivity contribution < 1.29 is 29.2 Å². The first-order chi connectivity index (χ1) is 15.3. The van der Waals surface area contributed by atoms with Crippen LogP contribution in [0.3, 0.4) is 0 Å². The second kappa shape index (κ2) is 6.91. The van der Waals surface area contributed by atoms with Crippen LogP contribution in [0, 0.1) is 40.4 Å². The number of likely N-dealkylation sites (tertiary alicyclic amines) is 1. The summed E-state index contributed by atoms with van der Waals surface area (Å²) < 4.78 is 17.7. The number of hydrogen-bond acceptors (Lipinski definition) is 7. The van der Waals surface area contributed by atoms with Crippen molar-refractivity contribution in [1.82, 2.24) is 4.90 Å². The fraction of sp³-hybridized carbons (Fsp3) is 0.960. The van der Waals surface area contributed by atoms with E-state index in [2.05, 4.69) is 11.8 Å². The predicted octanol–water partition coefficient (Wildman–Crippen LogP) is 1.45. The molecule has 0 aromatic heterocycles.